The monoisotopic (exact) mass is 403 g/mol. The van der Waals surface area contributed by atoms with Crippen LogP contribution < -0.4 is 0 Å². The average Bonchev–Trinajstić information content (AvgIpc) is 2.70. The van der Waals surface area contributed by atoms with E-state index in [0.29, 0.717) is 0 Å². The Morgan fingerprint density at radius 2 is 0.435 bits per heavy atom. The molecule has 0 aromatic carbocycles. The first-order valence-electron chi connectivity index (χ1n) is 2.56. The molecule has 0 atom stereocenters. The van der Waals surface area contributed by atoms with E-state index < -0.39 is 0 Å². The van der Waals surface area contributed by atoms with Gasteiger partial charge in [0.2, 0.25) is 0 Å². The van der Waals surface area contributed by atoms with Gasteiger partial charge >= 0.3 is 102 Å². The van der Waals surface area contributed by atoms with E-state index >= 15 is 0 Å². The van der Waals surface area contributed by atoms with Gasteiger partial charge in [0.15, 0.2) is 0 Å². The minimum Gasteiger partial charge on any atom is 0 e. The van der Waals surface area contributed by atoms with Crippen LogP contribution in [0.15, 0.2) is 0 Å². The molecule has 23 heavy (non-hydrogen) atoms. The van der Waals surface area contributed by atoms with Gasteiger partial charge < -0.3 is 0 Å². The number of nitriles is 1. The van der Waals surface area contributed by atoms with E-state index in [1.165, 1.54) is 6.92 Å². The summed E-state index contributed by atoms with van der Waals surface area (Å²) >= 11 is 0. The van der Waals surface area contributed by atoms with Gasteiger partial charge in [0.1, 0.15) is 0 Å². The van der Waals surface area contributed by atoms with Crippen molar-refractivity contribution in [1.29, 1.82) is 5.26 Å². The van der Waals surface area contributed by atoms with Crippen LogP contribution in [0, 0.1) is 71.2 Å². The van der Waals surface area contributed by atoms with Gasteiger partial charge in [-0.05, 0) is 0 Å². The SMILES string of the molecule is CC#N.[C-]#[O+].[C-]#[O+].[C-]#[O+].[C-]#[O+].[C-]#[O+].[C-]#[O+].[C-]#[O+].[C-]#[O+].[C-]#[O+].[Mn].[Mn]. The number of nitrogens with zero attached hydrogens (tertiary/aromatic N) is 1. The van der Waals surface area contributed by atoms with E-state index in [9.17, 15) is 0 Å². The Labute approximate surface area is 154 Å². The van der Waals surface area contributed by atoms with Crippen LogP contribution in [-0.4, -0.2) is 0 Å². The van der Waals surface area contributed by atoms with Crippen molar-refractivity contribution < 1.29 is 76.0 Å². The van der Waals surface area contributed by atoms with Crippen molar-refractivity contribution in [2.24, 2.45) is 0 Å². The molecule has 0 rings (SSSR count). The standard InChI is InChI=1S/C2H3N.9CO.2Mn/c1-2-3;9*1-2;;/h1H3;;;;;;;;;;;. The van der Waals surface area contributed by atoms with Gasteiger partial charge in [0.05, 0.1) is 6.07 Å². The molecule has 0 spiro atoms. The molecule has 0 bridgehead atoms. The van der Waals surface area contributed by atoms with E-state index in [-0.39, 0.29) is 34.1 Å². The smallest absolute Gasteiger partial charge is 0 e. The molecule has 2 radical (unpaired) electrons. The van der Waals surface area contributed by atoms with Crippen molar-refractivity contribution in [1.82, 2.24) is 0 Å². The minimum atomic E-state index is 0. The topological polar surface area (TPSA) is 203 Å². The van der Waals surface area contributed by atoms with Crippen LogP contribution >= 0.6 is 0 Å². The van der Waals surface area contributed by atoms with Gasteiger partial charge in [-0.25, -0.2) is 0 Å². The summed E-state index contributed by atoms with van der Waals surface area (Å²) in [7, 11) is 0. The summed E-state index contributed by atoms with van der Waals surface area (Å²) < 4.78 is 67.5. The van der Waals surface area contributed by atoms with Crippen LogP contribution in [0.25, 0.3) is 0 Å². The first-order chi connectivity index (χ1) is 10.4. The maximum atomic E-state index is 7.50. The number of hydrogen-bond acceptors (Lipinski definition) is 1. The van der Waals surface area contributed by atoms with E-state index in [0.717, 1.165) is 0 Å². The fourth-order valence-corrected chi connectivity index (χ4v) is 0. The first kappa shape index (κ1) is 102. The summed E-state index contributed by atoms with van der Waals surface area (Å²) in [5.74, 6) is 0. The van der Waals surface area contributed by atoms with Gasteiger partial charge in [0, 0.05) is 41.1 Å². The van der Waals surface area contributed by atoms with Gasteiger partial charge in [0.25, 0.3) is 0 Å². The van der Waals surface area contributed by atoms with Gasteiger partial charge in [-0.1, -0.05) is 0 Å². The maximum Gasteiger partial charge on any atom is 0 e. The molecular formula is C11H3Mn2NO9. The molecule has 120 valence electrons. The molecule has 0 aromatic rings. The van der Waals surface area contributed by atoms with Crippen LogP contribution in [0.3, 0.4) is 0 Å². The van der Waals surface area contributed by atoms with Crippen molar-refractivity contribution >= 4 is 0 Å². The predicted molar refractivity (Wildman–Crippen MR) is 46.7 cm³/mol. The summed E-state index contributed by atoms with van der Waals surface area (Å²) in [4.78, 5) is 0. The second-order valence-electron chi connectivity index (χ2n) is 0.224. The molecule has 0 saturated heterocycles. The molecule has 0 aliphatic heterocycles. The Morgan fingerprint density at radius 1 is 0.435 bits per heavy atom. The van der Waals surface area contributed by atoms with E-state index in [4.69, 9.17) is 47.1 Å². The third-order valence-corrected chi connectivity index (χ3v) is 0. The Morgan fingerprint density at radius 3 is 0.435 bits per heavy atom. The molecule has 0 unspecified atom stereocenters. The zero-order chi connectivity index (χ0) is 20.7. The third kappa shape index (κ3) is 2040. The summed E-state index contributed by atoms with van der Waals surface area (Å²) in [6, 6.07) is 1.75. The number of rotatable bonds is 0. The predicted octanol–water partition coefficient (Wildman–Crippen LogP) is 0.187. The van der Waals surface area contributed by atoms with Crippen LogP contribution in [0.2, 0.25) is 0 Å². The van der Waals surface area contributed by atoms with Crippen molar-refractivity contribution in [3.63, 3.8) is 0 Å². The fraction of sp³-hybridized carbons (Fsp3) is 0.0909. The fourth-order valence-electron chi connectivity index (χ4n) is 0. The molecule has 10 nitrogen and oxygen atoms in total. The maximum absolute atomic E-state index is 7.50. The molecule has 0 amide bonds. The van der Waals surface area contributed by atoms with Crippen LogP contribution in [0.4, 0.5) is 0 Å². The largest absolute Gasteiger partial charge is 0 e. The minimum absolute atomic E-state index is 0. The van der Waals surface area contributed by atoms with Crippen molar-refractivity contribution in [3.8, 4) is 6.07 Å². The molecule has 12 heteroatoms. The second kappa shape index (κ2) is 11300. The molecule has 0 aromatic heterocycles. The van der Waals surface area contributed by atoms with E-state index in [2.05, 4.69) is 59.9 Å². The second-order valence-corrected chi connectivity index (χ2v) is 0.224. The van der Waals surface area contributed by atoms with E-state index in [1.54, 1.807) is 6.07 Å². The molecular weight excluding hydrogens is 400 g/mol. The zero-order valence-electron chi connectivity index (χ0n) is 10.9. The zero-order valence-corrected chi connectivity index (χ0v) is 13.2. The van der Waals surface area contributed by atoms with Crippen LogP contribution in [0.5, 0.6) is 0 Å². The molecule has 0 fully saturated rings. The summed E-state index contributed by atoms with van der Waals surface area (Å²) in [5, 5.41) is 7.32. The normalized spacial score (nSPS) is 1.13. The summed E-state index contributed by atoms with van der Waals surface area (Å²) in [5.41, 5.74) is 0. The summed E-state index contributed by atoms with van der Waals surface area (Å²) in [6.07, 6.45) is 0. The van der Waals surface area contributed by atoms with E-state index in [1.807, 2.05) is 0 Å². The molecule has 0 saturated carbocycles. The molecule has 0 aliphatic rings. The Balaban J connectivity index is -0.00000000581. The van der Waals surface area contributed by atoms with Gasteiger partial charge in [-0.15, -0.1) is 0 Å². The Bertz CT molecular complexity index is 230. The van der Waals surface area contributed by atoms with Crippen molar-refractivity contribution in [2.75, 3.05) is 0 Å². The van der Waals surface area contributed by atoms with Crippen LogP contribution in [-0.2, 0) is 76.0 Å². The molecule has 0 N–H and O–H groups in total. The first-order valence-corrected chi connectivity index (χ1v) is 2.56. The Hall–Kier alpha value is -1.81. The number of hydrogen-bond donors (Lipinski definition) is 0. The third-order valence-electron chi connectivity index (χ3n) is 0. The quantitative estimate of drug-likeness (QED) is 0.310. The van der Waals surface area contributed by atoms with Crippen LogP contribution in [0.1, 0.15) is 6.92 Å². The van der Waals surface area contributed by atoms with Gasteiger partial charge in [-0.3, -0.25) is 0 Å². The Kier molecular flexibility index (Phi) is 50300. The molecule has 0 heterocycles. The van der Waals surface area contributed by atoms with Gasteiger partial charge in [-0.2, -0.15) is 5.26 Å². The van der Waals surface area contributed by atoms with Crippen molar-refractivity contribution in [3.05, 3.63) is 59.9 Å². The van der Waals surface area contributed by atoms with Crippen molar-refractivity contribution in [2.45, 2.75) is 6.92 Å². The average molecular weight is 403 g/mol. The summed E-state index contributed by atoms with van der Waals surface area (Å²) in [6.45, 7) is 41.9. The molecule has 0 aliphatic carbocycles.